The normalized spacial score (nSPS) is 10.7. The highest BCUT2D eigenvalue weighted by Crippen LogP contribution is 2.28. The molecule has 21 heavy (non-hydrogen) atoms. The summed E-state index contributed by atoms with van der Waals surface area (Å²) in [6.07, 6.45) is 1.65. The Hall–Kier alpha value is -2.52. The highest BCUT2D eigenvalue weighted by Gasteiger charge is 2.17. The second-order valence-electron chi connectivity index (χ2n) is 4.66. The Bertz CT molecular complexity index is 919. The molecular formula is C15H12N4OS. The van der Waals surface area contributed by atoms with E-state index < -0.39 is 0 Å². The van der Waals surface area contributed by atoms with Crippen molar-refractivity contribution in [2.75, 3.05) is 0 Å². The Kier molecular flexibility index (Phi) is 3.28. The van der Waals surface area contributed by atoms with Crippen LogP contribution >= 0.6 is 11.3 Å². The number of nitrogens with zero attached hydrogens (tertiary/aromatic N) is 4. The van der Waals surface area contributed by atoms with Crippen LogP contribution in [0.25, 0.3) is 21.7 Å². The summed E-state index contributed by atoms with van der Waals surface area (Å²) in [5.41, 5.74) is 1.35. The molecule has 0 aliphatic heterocycles. The van der Waals surface area contributed by atoms with E-state index in [9.17, 15) is 4.79 Å². The van der Waals surface area contributed by atoms with Gasteiger partial charge in [0.25, 0.3) is 5.56 Å². The molecule has 0 fully saturated rings. The Morgan fingerprint density at radius 1 is 1.38 bits per heavy atom. The summed E-state index contributed by atoms with van der Waals surface area (Å²) in [6, 6.07) is 7.44. The number of hydrogen-bond acceptors (Lipinski definition) is 5. The lowest BCUT2D eigenvalue weighted by Crippen LogP contribution is -2.23. The Morgan fingerprint density at radius 3 is 2.86 bits per heavy atom. The zero-order chi connectivity index (χ0) is 15.0. The maximum atomic E-state index is 12.7. The maximum Gasteiger partial charge on any atom is 0.263 e. The van der Waals surface area contributed by atoms with Crippen LogP contribution in [0.5, 0.6) is 0 Å². The number of nitriles is 1. The third-order valence-corrected chi connectivity index (χ3v) is 4.51. The highest BCUT2D eigenvalue weighted by molar-refractivity contribution is 7.18. The first-order chi connectivity index (χ1) is 10.1. The van der Waals surface area contributed by atoms with Gasteiger partial charge in [-0.1, -0.05) is 6.07 Å². The summed E-state index contributed by atoms with van der Waals surface area (Å²) in [5.74, 6) is 0.441. The van der Waals surface area contributed by atoms with Gasteiger partial charge in [0.2, 0.25) is 0 Å². The average Bonchev–Trinajstić information content (AvgIpc) is 2.78. The van der Waals surface area contributed by atoms with E-state index in [-0.39, 0.29) is 12.1 Å². The van der Waals surface area contributed by atoms with Gasteiger partial charge in [0.05, 0.1) is 11.5 Å². The minimum atomic E-state index is -0.177. The number of pyridine rings is 1. The van der Waals surface area contributed by atoms with Crippen molar-refractivity contribution in [1.29, 1.82) is 5.26 Å². The van der Waals surface area contributed by atoms with Crippen LogP contribution in [0.3, 0.4) is 0 Å². The number of thiophene rings is 1. The van der Waals surface area contributed by atoms with E-state index in [1.807, 2.05) is 26.0 Å². The van der Waals surface area contributed by atoms with Crippen molar-refractivity contribution >= 4 is 21.6 Å². The molecular weight excluding hydrogens is 284 g/mol. The van der Waals surface area contributed by atoms with Crippen molar-refractivity contribution in [3.8, 4) is 17.6 Å². The second kappa shape index (κ2) is 5.11. The molecule has 0 amide bonds. The minimum absolute atomic E-state index is 0.0397. The first-order valence-electron chi connectivity index (χ1n) is 6.42. The summed E-state index contributed by atoms with van der Waals surface area (Å²) in [5, 5.41) is 9.61. The molecule has 0 aromatic carbocycles. The summed E-state index contributed by atoms with van der Waals surface area (Å²) < 4.78 is 1.39. The van der Waals surface area contributed by atoms with Gasteiger partial charge >= 0.3 is 0 Å². The molecule has 104 valence electrons. The molecule has 0 N–H and O–H groups in total. The molecule has 6 heteroatoms. The van der Waals surface area contributed by atoms with Gasteiger partial charge in [-0.05, 0) is 31.5 Å². The topological polar surface area (TPSA) is 71.6 Å². The largest absolute Gasteiger partial charge is 0.277 e. The monoisotopic (exact) mass is 296 g/mol. The van der Waals surface area contributed by atoms with Crippen LogP contribution in [-0.2, 0) is 6.54 Å². The number of aromatic nitrogens is 3. The van der Waals surface area contributed by atoms with Gasteiger partial charge < -0.3 is 0 Å². The zero-order valence-electron chi connectivity index (χ0n) is 11.6. The van der Waals surface area contributed by atoms with Crippen molar-refractivity contribution < 1.29 is 0 Å². The quantitative estimate of drug-likeness (QED) is 0.729. The van der Waals surface area contributed by atoms with Crippen LogP contribution in [0.2, 0.25) is 0 Å². The lowest BCUT2D eigenvalue weighted by Gasteiger charge is -2.08. The lowest BCUT2D eigenvalue weighted by molar-refractivity contribution is 0.784. The molecule has 5 nitrogen and oxygen atoms in total. The van der Waals surface area contributed by atoms with Crippen LogP contribution < -0.4 is 5.56 Å². The molecule has 0 spiro atoms. The number of aryl methyl sites for hydroxylation is 2. The smallest absolute Gasteiger partial charge is 0.263 e. The van der Waals surface area contributed by atoms with E-state index in [0.29, 0.717) is 21.7 Å². The van der Waals surface area contributed by atoms with E-state index in [1.165, 1.54) is 15.9 Å². The van der Waals surface area contributed by atoms with E-state index in [0.717, 1.165) is 10.4 Å². The van der Waals surface area contributed by atoms with Crippen LogP contribution in [0.4, 0.5) is 0 Å². The molecule has 0 aliphatic carbocycles. The first-order valence-corrected chi connectivity index (χ1v) is 7.24. The third kappa shape index (κ3) is 2.12. The van der Waals surface area contributed by atoms with Crippen molar-refractivity contribution in [2.24, 2.45) is 0 Å². The van der Waals surface area contributed by atoms with Gasteiger partial charge in [0, 0.05) is 11.1 Å². The Balaban J connectivity index is 2.42. The molecule has 3 aromatic heterocycles. The van der Waals surface area contributed by atoms with E-state index >= 15 is 0 Å². The van der Waals surface area contributed by atoms with Gasteiger partial charge in [-0.3, -0.25) is 14.3 Å². The predicted molar refractivity (Wildman–Crippen MR) is 82.2 cm³/mol. The predicted octanol–water partition coefficient (Wildman–Crippen LogP) is 2.66. The fourth-order valence-electron chi connectivity index (χ4n) is 2.24. The number of rotatable bonds is 2. The van der Waals surface area contributed by atoms with Crippen molar-refractivity contribution in [3.63, 3.8) is 0 Å². The molecule has 3 aromatic rings. The van der Waals surface area contributed by atoms with Crippen LogP contribution in [0.15, 0.2) is 29.2 Å². The highest BCUT2D eigenvalue weighted by atomic mass is 32.1. The fraction of sp³-hybridized carbons (Fsp3) is 0.200. The molecule has 0 atom stereocenters. The van der Waals surface area contributed by atoms with Crippen molar-refractivity contribution in [1.82, 2.24) is 14.5 Å². The van der Waals surface area contributed by atoms with Crippen LogP contribution in [0, 0.1) is 25.2 Å². The zero-order valence-corrected chi connectivity index (χ0v) is 12.4. The molecule has 0 saturated heterocycles. The molecule has 0 radical (unpaired) electrons. The molecule has 0 unspecified atom stereocenters. The maximum absolute atomic E-state index is 12.7. The second-order valence-corrected chi connectivity index (χ2v) is 5.87. The summed E-state index contributed by atoms with van der Waals surface area (Å²) in [6.45, 7) is 3.84. The molecule has 0 saturated carbocycles. The van der Waals surface area contributed by atoms with E-state index in [4.69, 9.17) is 5.26 Å². The lowest BCUT2D eigenvalue weighted by atomic mass is 10.2. The van der Waals surface area contributed by atoms with Gasteiger partial charge in [-0.2, -0.15) is 5.26 Å². The average molecular weight is 296 g/mol. The molecule has 3 heterocycles. The molecule has 0 bridgehead atoms. The van der Waals surface area contributed by atoms with Crippen LogP contribution in [0.1, 0.15) is 10.4 Å². The Labute approximate surface area is 125 Å². The summed E-state index contributed by atoms with van der Waals surface area (Å²) >= 11 is 1.49. The molecule has 3 rings (SSSR count). The van der Waals surface area contributed by atoms with Crippen molar-refractivity contribution in [3.05, 3.63) is 45.2 Å². The van der Waals surface area contributed by atoms with Gasteiger partial charge in [0.1, 0.15) is 17.1 Å². The first kappa shape index (κ1) is 13.5. The van der Waals surface area contributed by atoms with E-state index in [2.05, 4.69) is 9.97 Å². The minimum Gasteiger partial charge on any atom is -0.277 e. The Morgan fingerprint density at radius 2 is 2.19 bits per heavy atom. The van der Waals surface area contributed by atoms with Crippen LogP contribution in [-0.4, -0.2) is 14.5 Å². The van der Waals surface area contributed by atoms with Gasteiger partial charge in [-0.15, -0.1) is 11.3 Å². The number of hydrogen-bond donors (Lipinski definition) is 0. The van der Waals surface area contributed by atoms with E-state index in [1.54, 1.807) is 18.3 Å². The van der Waals surface area contributed by atoms with Crippen molar-refractivity contribution in [2.45, 2.75) is 20.4 Å². The van der Waals surface area contributed by atoms with Gasteiger partial charge in [-0.25, -0.2) is 4.98 Å². The summed E-state index contributed by atoms with van der Waals surface area (Å²) in [4.78, 5) is 23.3. The summed E-state index contributed by atoms with van der Waals surface area (Å²) in [7, 11) is 0. The third-order valence-electron chi connectivity index (χ3n) is 3.41. The molecule has 0 aliphatic rings. The van der Waals surface area contributed by atoms with Gasteiger partial charge in [0.15, 0.2) is 5.82 Å². The number of fused-ring (bicyclic) bond motifs is 1. The standard InChI is InChI=1S/C15H12N4OS/c1-9-10(2)21-14-12(9)15(20)19(8-6-16)13(18-14)11-5-3-4-7-17-11/h3-5,7H,8H2,1-2H3. The SMILES string of the molecule is Cc1sc2nc(-c3ccccn3)n(CC#N)c(=O)c2c1C. The fourth-order valence-corrected chi connectivity index (χ4v) is 3.26.